The van der Waals surface area contributed by atoms with Crippen LogP contribution in [0.25, 0.3) is 0 Å². The van der Waals surface area contributed by atoms with Crippen molar-refractivity contribution in [3.05, 3.63) is 82.9 Å². The molecule has 1 amide bonds. The molecule has 1 N–H and O–H groups in total. The Morgan fingerprint density at radius 2 is 1.46 bits per heavy atom. The summed E-state index contributed by atoms with van der Waals surface area (Å²) < 4.78 is 10.9. The molecule has 0 radical (unpaired) electrons. The Kier molecular flexibility index (Phi) is 5.44. The molecule has 5 heteroatoms. The summed E-state index contributed by atoms with van der Waals surface area (Å²) >= 11 is 6.08. The average Bonchev–Trinajstić information content (AvgIpc) is 2.66. The van der Waals surface area contributed by atoms with E-state index in [1.54, 1.807) is 43.5 Å². The average molecular weight is 368 g/mol. The van der Waals surface area contributed by atoms with E-state index in [4.69, 9.17) is 21.1 Å². The highest BCUT2D eigenvalue weighted by Gasteiger charge is 2.09. The first-order valence-electron chi connectivity index (χ1n) is 8.05. The minimum atomic E-state index is -0.202. The van der Waals surface area contributed by atoms with E-state index >= 15 is 0 Å². The van der Waals surface area contributed by atoms with Crippen LogP contribution < -0.4 is 14.8 Å². The number of benzene rings is 3. The van der Waals surface area contributed by atoms with E-state index in [9.17, 15) is 4.79 Å². The van der Waals surface area contributed by atoms with Crippen molar-refractivity contribution in [3.63, 3.8) is 0 Å². The van der Waals surface area contributed by atoms with Crippen molar-refractivity contribution in [2.45, 2.75) is 6.92 Å². The van der Waals surface area contributed by atoms with Gasteiger partial charge in [0.05, 0.1) is 7.11 Å². The minimum absolute atomic E-state index is 0.202. The SMILES string of the molecule is COc1ccc(Oc2ccc(C(=O)Nc3cccc(Cl)c3C)cc2)cc1. The zero-order valence-corrected chi connectivity index (χ0v) is 15.2. The first-order chi connectivity index (χ1) is 12.6. The fraction of sp³-hybridized carbons (Fsp3) is 0.0952. The maximum absolute atomic E-state index is 12.4. The largest absolute Gasteiger partial charge is 0.497 e. The van der Waals surface area contributed by atoms with Gasteiger partial charge in [-0.3, -0.25) is 4.79 Å². The van der Waals surface area contributed by atoms with Gasteiger partial charge in [-0.05, 0) is 73.2 Å². The molecule has 0 saturated heterocycles. The first kappa shape index (κ1) is 17.8. The highest BCUT2D eigenvalue weighted by molar-refractivity contribution is 6.31. The molecule has 0 heterocycles. The van der Waals surface area contributed by atoms with E-state index in [1.807, 2.05) is 37.3 Å². The number of methoxy groups -OCH3 is 1. The second-order valence-corrected chi connectivity index (χ2v) is 6.08. The number of ether oxygens (including phenoxy) is 2. The Morgan fingerprint density at radius 1 is 0.885 bits per heavy atom. The highest BCUT2D eigenvalue weighted by Crippen LogP contribution is 2.25. The van der Waals surface area contributed by atoms with Gasteiger partial charge < -0.3 is 14.8 Å². The fourth-order valence-corrected chi connectivity index (χ4v) is 2.57. The second kappa shape index (κ2) is 7.93. The quantitative estimate of drug-likeness (QED) is 0.629. The molecule has 0 saturated carbocycles. The molecule has 3 rings (SSSR count). The standard InChI is InChI=1S/C21H18ClNO3/c1-14-19(22)4-3-5-20(14)23-21(24)15-6-8-17(9-7-15)26-18-12-10-16(25-2)11-13-18/h3-13H,1-2H3,(H,23,24). The number of anilines is 1. The molecular weight excluding hydrogens is 350 g/mol. The fourth-order valence-electron chi connectivity index (χ4n) is 2.39. The van der Waals surface area contributed by atoms with Gasteiger partial charge in [-0.2, -0.15) is 0 Å². The minimum Gasteiger partial charge on any atom is -0.497 e. The summed E-state index contributed by atoms with van der Waals surface area (Å²) in [5.41, 5.74) is 2.06. The van der Waals surface area contributed by atoms with Crippen LogP contribution >= 0.6 is 11.6 Å². The summed E-state index contributed by atoms with van der Waals surface area (Å²) in [4.78, 5) is 12.4. The van der Waals surface area contributed by atoms with Crippen molar-refractivity contribution < 1.29 is 14.3 Å². The topological polar surface area (TPSA) is 47.6 Å². The molecule has 132 valence electrons. The van der Waals surface area contributed by atoms with Gasteiger partial charge in [0, 0.05) is 16.3 Å². The predicted octanol–water partition coefficient (Wildman–Crippen LogP) is 5.70. The van der Waals surface area contributed by atoms with Crippen molar-refractivity contribution in [3.8, 4) is 17.2 Å². The maximum Gasteiger partial charge on any atom is 0.255 e. The number of carbonyl (C=O) groups excluding carboxylic acids is 1. The van der Waals surface area contributed by atoms with Gasteiger partial charge in [0.2, 0.25) is 0 Å². The number of hydrogen-bond acceptors (Lipinski definition) is 3. The van der Waals surface area contributed by atoms with Crippen molar-refractivity contribution in [1.82, 2.24) is 0 Å². The molecule has 0 aliphatic carbocycles. The molecule has 0 aliphatic rings. The summed E-state index contributed by atoms with van der Waals surface area (Å²) in [6, 6.07) is 19.6. The van der Waals surface area contributed by atoms with Gasteiger partial charge in [-0.15, -0.1) is 0 Å². The second-order valence-electron chi connectivity index (χ2n) is 5.67. The van der Waals surface area contributed by atoms with Crippen LogP contribution in [0.2, 0.25) is 5.02 Å². The third-order valence-electron chi connectivity index (χ3n) is 3.93. The van der Waals surface area contributed by atoms with Crippen LogP contribution in [0, 0.1) is 6.92 Å². The molecule has 0 aromatic heterocycles. The van der Waals surface area contributed by atoms with Crippen LogP contribution in [-0.4, -0.2) is 13.0 Å². The first-order valence-corrected chi connectivity index (χ1v) is 8.43. The monoisotopic (exact) mass is 367 g/mol. The zero-order valence-electron chi connectivity index (χ0n) is 14.5. The summed E-state index contributed by atoms with van der Waals surface area (Å²) in [5.74, 6) is 1.90. The Morgan fingerprint density at radius 3 is 2.08 bits per heavy atom. The smallest absolute Gasteiger partial charge is 0.255 e. The van der Waals surface area contributed by atoms with Crippen LogP contribution in [0.15, 0.2) is 66.7 Å². The maximum atomic E-state index is 12.4. The normalized spacial score (nSPS) is 10.3. The number of hydrogen-bond donors (Lipinski definition) is 1. The molecule has 4 nitrogen and oxygen atoms in total. The predicted molar refractivity (Wildman–Crippen MR) is 104 cm³/mol. The molecule has 0 fully saturated rings. The van der Waals surface area contributed by atoms with Gasteiger partial charge in [0.15, 0.2) is 0 Å². The Balaban J connectivity index is 1.68. The third-order valence-corrected chi connectivity index (χ3v) is 4.34. The summed E-state index contributed by atoms with van der Waals surface area (Å²) in [7, 11) is 1.62. The number of nitrogens with one attached hydrogen (secondary N) is 1. The Bertz CT molecular complexity index is 906. The molecule has 26 heavy (non-hydrogen) atoms. The van der Waals surface area contributed by atoms with Gasteiger partial charge >= 0.3 is 0 Å². The highest BCUT2D eigenvalue weighted by atomic mass is 35.5. The number of halogens is 1. The van der Waals surface area contributed by atoms with Crippen LogP contribution in [0.1, 0.15) is 15.9 Å². The third kappa shape index (κ3) is 4.16. The molecule has 0 aliphatic heterocycles. The van der Waals surface area contributed by atoms with E-state index in [0.29, 0.717) is 27.8 Å². The molecular formula is C21H18ClNO3. The lowest BCUT2D eigenvalue weighted by molar-refractivity contribution is 0.102. The van der Waals surface area contributed by atoms with E-state index in [1.165, 1.54) is 0 Å². The van der Waals surface area contributed by atoms with Crippen LogP contribution in [-0.2, 0) is 0 Å². The van der Waals surface area contributed by atoms with E-state index in [2.05, 4.69) is 5.32 Å². The Labute approximate surface area is 157 Å². The zero-order chi connectivity index (χ0) is 18.5. The molecule has 3 aromatic carbocycles. The van der Waals surface area contributed by atoms with Gasteiger partial charge in [-0.1, -0.05) is 17.7 Å². The van der Waals surface area contributed by atoms with Crippen molar-refractivity contribution in [1.29, 1.82) is 0 Å². The lowest BCUT2D eigenvalue weighted by Gasteiger charge is -2.10. The van der Waals surface area contributed by atoms with Gasteiger partial charge in [0.1, 0.15) is 17.2 Å². The van der Waals surface area contributed by atoms with Crippen LogP contribution in [0.5, 0.6) is 17.2 Å². The van der Waals surface area contributed by atoms with Crippen LogP contribution in [0.3, 0.4) is 0 Å². The molecule has 0 unspecified atom stereocenters. The van der Waals surface area contributed by atoms with Gasteiger partial charge in [-0.25, -0.2) is 0 Å². The molecule has 0 spiro atoms. The summed E-state index contributed by atoms with van der Waals surface area (Å²) in [6.45, 7) is 1.86. The van der Waals surface area contributed by atoms with E-state index in [0.717, 1.165) is 11.3 Å². The summed E-state index contributed by atoms with van der Waals surface area (Å²) in [6.07, 6.45) is 0. The molecule has 3 aromatic rings. The Hall–Kier alpha value is -2.98. The van der Waals surface area contributed by atoms with Crippen molar-refractivity contribution >= 4 is 23.2 Å². The lowest BCUT2D eigenvalue weighted by atomic mass is 10.1. The van der Waals surface area contributed by atoms with E-state index in [-0.39, 0.29) is 5.91 Å². The molecule has 0 bridgehead atoms. The number of amides is 1. The van der Waals surface area contributed by atoms with Crippen LogP contribution in [0.4, 0.5) is 5.69 Å². The van der Waals surface area contributed by atoms with Crippen molar-refractivity contribution in [2.24, 2.45) is 0 Å². The van der Waals surface area contributed by atoms with Gasteiger partial charge in [0.25, 0.3) is 5.91 Å². The molecule has 0 atom stereocenters. The van der Waals surface area contributed by atoms with Crippen molar-refractivity contribution in [2.75, 3.05) is 12.4 Å². The summed E-state index contributed by atoms with van der Waals surface area (Å²) in [5, 5.41) is 3.49. The number of rotatable bonds is 5. The number of carbonyl (C=O) groups is 1. The van der Waals surface area contributed by atoms with E-state index < -0.39 is 0 Å². The lowest BCUT2D eigenvalue weighted by Crippen LogP contribution is -2.12.